The third kappa shape index (κ3) is 8.53. The van der Waals surface area contributed by atoms with Gasteiger partial charge in [-0.3, -0.25) is 14.5 Å². The number of piperidine rings is 3. The van der Waals surface area contributed by atoms with Crippen molar-refractivity contribution in [3.05, 3.63) is 47.9 Å². The smallest absolute Gasteiger partial charge is 0.253 e. The summed E-state index contributed by atoms with van der Waals surface area (Å²) >= 11 is 0. The van der Waals surface area contributed by atoms with E-state index < -0.39 is 0 Å². The second kappa shape index (κ2) is 16.0. The number of carbonyl (C=O) groups excluding carboxylic acids is 2. The standard InChI is InChI=1S/C35H51FN8O2/c36-28-7-5-6-27(24-28)34(46)43-21-13-30(14-22-43)44-23-12-29(25-31(44)10-17-38-33(45)26-8-15-37-16-9-26)40-35-39-18-11-32(41-35)42-19-3-1-2-4-20-42/h5-7,11,18,24,26,29-31,37H,1-4,8-10,12-17,19-23,25H2,(H,38,45)(H,39,40,41). The molecule has 4 saturated heterocycles. The van der Waals surface area contributed by atoms with Gasteiger partial charge in [0.2, 0.25) is 11.9 Å². The number of anilines is 2. The summed E-state index contributed by atoms with van der Waals surface area (Å²) in [6.07, 6.45) is 13.2. The first-order valence-electron chi connectivity index (χ1n) is 17.7. The predicted octanol–water partition coefficient (Wildman–Crippen LogP) is 4.05. The van der Waals surface area contributed by atoms with Gasteiger partial charge in [-0.15, -0.1) is 0 Å². The van der Waals surface area contributed by atoms with Crippen molar-refractivity contribution in [3.8, 4) is 0 Å². The Kier molecular flexibility index (Phi) is 11.3. The first kappa shape index (κ1) is 32.6. The molecule has 2 amide bonds. The van der Waals surface area contributed by atoms with Crippen molar-refractivity contribution in [2.45, 2.75) is 88.8 Å². The van der Waals surface area contributed by atoms with Crippen molar-refractivity contribution in [3.63, 3.8) is 0 Å². The van der Waals surface area contributed by atoms with Gasteiger partial charge in [-0.2, -0.15) is 4.98 Å². The lowest BCUT2D eigenvalue weighted by atomic mass is 9.90. The van der Waals surface area contributed by atoms with Crippen LogP contribution in [0.15, 0.2) is 36.5 Å². The molecule has 5 heterocycles. The van der Waals surface area contributed by atoms with Crippen LogP contribution in [0.4, 0.5) is 16.2 Å². The molecule has 46 heavy (non-hydrogen) atoms. The predicted molar refractivity (Wildman–Crippen MR) is 178 cm³/mol. The molecule has 3 N–H and O–H groups in total. The quantitative estimate of drug-likeness (QED) is 0.380. The molecule has 10 nitrogen and oxygen atoms in total. The number of nitrogens with one attached hydrogen (secondary N) is 3. The molecule has 0 saturated carbocycles. The average Bonchev–Trinajstić information content (AvgIpc) is 3.39. The lowest BCUT2D eigenvalue weighted by molar-refractivity contribution is -0.125. The normalized spacial score (nSPS) is 23.9. The molecule has 0 spiro atoms. The topological polar surface area (TPSA) is 106 Å². The van der Waals surface area contributed by atoms with Crippen molar-refractivity contribution >= 4 is 23.6 Å². The molecule has 4 aliphatic rings. The SMILES string of the molecule is O=C(NCCC1CC(Nc2nccc(N3CCCCCC3)n2)CCN1C1CCN(C(=O)c2cccc(F)c2)CC1)C1CCNCC1. The molecular formula is C35H51FN8O2. The number of nitrogens with zero attached hydrogens (tertiary/aromatic N) is 5. The van der Waals surface area contributed by atoms with Gasteiger partial charge >= 0.3 is 0 Å². The Hall–Kier alpha value is -3.31. The number of hydrogen-bond acceptors (Lipinski definition) is 8. The van der Waals surface area contributed by atoms with Crippen molar-refractivity contribution in [2.75, 3.05) is 62.6 Å². The van der Waals surface area contributed by atoms with Gasteiger partial charge in [0.15, 0.2) is 0 Å². The summed E-state index contributed by atoms with van der Waals surface area (Å²) in [5.74, 6) is 1.51. The van der Waals surface area contributed by atoms with E-state index >= 15 is 0 Å². The van der Waals surface area contributed by atoms with Crippen LogP contribution in [0.1, 0.15) is 81.0 Å². The van der Waals surface area contributed by atoms with Crippen molar-refractivity contribution < 1.29 is 14.0 Å². The molecular weight excluding hydrogens is 583 g/mol. The van der Waals surface area contributed by atoms with Crippen molar-refractivity contribution in [2.24, 2.45) is 5.92 Å². The fourth-order valence-electron chi connectivity index (χ4n) is 7.84. The summed E-state index contributed by atoms with van der Waals surface area (Å²) in [6.45, 7) is 6.84. The van der Waals surface area contributed by atoms with Crippen molar-refractivity contribution in [1.82, 2.24) is 30.4 Å². The number of likely N-dealkylation sites (tertiary alicyclic amines) is 2. The number of hydrogen-bond donors (Lipinski definition) is 3. The Morgan fingerprint density at radius 1 is 0.935 bits per heavy atom. The maximum absolute atomic E-state index is 13.8. The summed E-state index contributed by atoms with van der Waals surface area (Å²) in [4.78, 5) is 42.4. The number of benzene rings is 1. The van der Waals surface area contributed by atoms with Gasteiger partial charge in [-0.05, 0) is 95.1 Å². The molecule has 2 atom stereocenters. The maximum atomic E-state index is 13.8. The van der Waals surface area contributed by atoms with E-state index in [0.717, 1.165) is 83.5 Å². The summed E-state index contributed by atoms with van der Waals surface area (Å²) < 4.78 is 13.8. The third-order valence-electron chi connectivity index (χ3n) is 10.4. The first-order chi connectivity index (χ1) is 22.5. The Balaban J connectivity index is 1.08. The Morgan fingerprint density at radius 3 is 2.48 bits per heavy atom. The Labute approximate surface area is 272 Å². The maximum Gasteiger partial charge on any atom is 0.253 e. The van der Waals surface area contributed by atoms with Gasteiger partial charge in [0.25, 0.3) is 5.91 Å². The number of halogens is 1. The van der Waals surface area contributed by atoms with Gasteiger partial charge in [0.1, 0.15) is 11.6 Å². The number of rotatable bonds is 9. The van der Waals surface area contributed by atoms with Crippen LogP contribution in [0.5, 0.6) is 0 Å². The lowest BCUT2D eigenvalue weighted by Gasteiger charge is -2.47. The van der Waals surface area contributed by atoms with E-state index in [4.69, 9.17) is 4.98 Å². The first-order valence-corrected chi connectivity index (χ1v) is 17.7. The van der Waals surface area contributed by atoms with Crippen molar-refractivity contribution in [1.29, 1.82) is 0 Å². The molecule has 0 aliphatic carbocycles. The van der Waals surface area contributed by atoms with E-state index in [0.29, 0.717) is 43.2 Å². The van der Waals surface area contributed by atoms with E-state index in [1.807, 2.05) is 17.2 Å². The molecule has 0 bridgehead atoms. The van der Waals surface area contributed by atoms with Crippen LogP contribution in [-0.2, 0) is 4.79 Å². The highest BCUT2D eigenvalue weighted by molar-refractivity contribution is 5.94. The number of carbonyl (C=O) groups is 2. The molecule has 2 aromatic rings. The van der Waals surface area contributed by atoms with E-state index in [1.54, 1.807) is 12.1 Å². The van der Waals surface area contributed by atoms with Gasteiger partial charge in [0, 0.05) is 75.1 Å². The van der Waals surface area contributed by atoms with Gasteiger partial charge in [-0.25, -0.2) is 9.37 Å². The largest absolute Gasteiger partial charge is 0.356 e. The molecule has 6 rings (SSSR count). The van der Waals surface area contributed by atoms with Crippen LogP contribution in [0, 0.1) is 11.7 Å². The number of aromatic nitrogens is 2. The lowest BCUT2D eigenvalue weighted by Crippen LogP contribution is -2.55. The zero-order valence-electron chi connectivity index (χ0n) is 27.1. The zero-order chi connectivity index (χ0) is 31.7. The molecule has 11 heteroatoms. The second-order valence-corrected chi connectivity index (χ2v) is 13.5. The summed E-state index contributed by atoms with van der Waals surface area (Å²) in [7, 11) is 0. The highest BCUT2D eigenvalue weighted by atomic mass is 19.1. The van der Waals surface area contributed by atoms with Crippen LogP contribution in [0.25, 0.3) is 0 Å². The van der Waals surface area contributed by atoms with Crippen LogP contribution in [-0.4, -0.2) is 102 Å². The average molecular weight is 635 g/mol. The van der Waals surface area contributed by atoms with E-state index in [9.17, 15) is 14.0 Å². The minimum atomic E-state index is -0.383. The highest BCUT2D eigenvalue weighted by Crippen LogP contribution is 2.29. The second-order valence-electron chi connectivity index (χ2n) is 13.5. The molecule has 250 valence electrons. The fourth-order valence-corrected chi connectivity index (χ4v) is 7.84. The van der Waals surface area contributed by atoms with Crippen LogP contribution >= 0.6 is 0 Å². The number of amides is 2. The Bertz CT molecular complexity index is 1290. The van der Waals surface area contributed by atoms with Gasteiger partial charge in [-0.1, -0.05) is 18.9 Å². The van der Waals surface area contributed by atoms with Crippen LogP contribution < -0.4 is 20.9 Å². The molecule has 4 fully saturated rings. The summed E-state index contributed by atoms with van der Waals surface area (Å²) in [5, 5.41) is 10.3. The third-order valence-corrected chi connectivity index (χ3v) is 10.4. The molecule has 0 radical (unpaired) electrons. The van der Waals surface area contributed by atoms with E-state index in [2.05, 4.69) is 30.7 Å². The fraction of sp³-hybridized carbons (Fsp3) is 0.657. The summed E-state index contributed by atoms with van der Waals surface area (Å²) in [6, 6.07) is 8.92. The molecule has 1 aromatic heterocycles. The minimum Gasteiger partial charge on any atom is -0.356 e. The molecule has 1 aromatic carbocycles. The van der Waals surface area contributed by atoms with E-state index in [-0.39, 0.29) is 29.6 Å². The minimum absolute atomic E-state index is 0.0968. The zero-order valence-corrected chi connectivity index (χ0v) is 27.1. The molecule has 2 unspecified atom stereocenters. The molecule has 4 aliphatic heterocycles. The van der Waals surface area contributed by atoms with Crippen LogP contribution in [0.2, 0.25) is 0 Å². The monoisotopic (exact) mass is 634 g/mol. The summed E-state index contributed by atoms with van der Waals surface area (Å²) in [5.41, 5.74) is 0.412. The Morgan fingerprint density at radius 2 is 1.72 bits per heavy atom. The van der Waals surface area contributed by atoms with Gasteiger partial charge in [0.05, 0.1) is 0 Å². The van der Waals surface area contributed by atoms with Crippen LogP contribution in [0.3, 0.4) is 0 Å². The van der Waals surface area contributed by atoms with Gasteiger partial charge < -0.3 is 25.8 Å². The van der Waals surface area contributed by atoms with E-state index in [1.165, 1.54) is 37.8 Å². The highest BCUT2D eigenvalue weighted by Gasteiger charge is 2.36.